The second-order valence-electron chi connectivity index (χ2n) is 5.50. The molecule has 26 heavy (non-hydrogen) atoms. The summed E-state index contributed by atoms with van der Waals surface area (Å²) in [6, 6.07) is 4.96. The molecule has 1 aromatic carbocycles. The van der Waals surface area contributed by atoms with Crippen LogP contribution in [0, 0.1) is 0 Å². The number of halogens is 5. The summed E-state index contributed by atoms with van der Waals surface area (Å²) in [5, 5.41) is 9.83. The highest BCUT2D eigenvalue weighted by molar-refractivity contribution is 6.30. The minimum Gasteiger partial charge on any atom is -0.423 e. The van der Waals surface area contributed by atoms with Crippen LogP contribution in [-0.4, -0.2) is 28.5 Å². The molecule has 1 atom stereocenters. The zero-order chi connectivity index (χ0) is 19.1. The summed E-state index contributed by atoms with van der Waals surface area (Å²) in [6.45, 7) is -0.341. The van der Waals surface area contributed by atoms with Crippen LogP contribution in [0.2, 0.25) is 5.02 Å². The van der Waals surface area contributed by atoms with Crippen LogP contribution in [0.1, 0.15) is 17.2 Å². The first-order valence-electron chi connectivity index (χ1n) is 7.28. The van der Waals surface area contributed by atoms with E-state index in [1.807, 2.05) is 0 Å². The van der Waals surface area contributed by atoms with Crippen molar-refractivity contribution < 1.29 is 32.2 Å². The molecule has 0 radical (unpaired) electrons. The highest BCUT2D eigenvalue weighted by atomic mass is 35.5. The molecule has 1 aliphatic heterocycles. The number of ether oxygens (including phenoxy) is 1. The highest BCUT2D eigenvalue weighted by Crippen LogP contribution is 2.45. The summed E-state index contributed by atoms with van der Waals surface area (Å²) in [7, 11) is 0. The Hall–Kier alpha value is -2.39. The Balaban J connectivity index is 2.09. The van der Waals surface area contributed by atoms with E-state index in [0.717, 1.165) is 6.07 Å². The van der Waals surface area contributed by atoms with Gasteiger partial charge in [0.15, 0.2) is 5.75 Å². The van der Waals surface area contributed by atoms with Gasteiger partial charge < -0.3 is 9.84 Å². The number of hydrogen-bond acceptors (Lipinski definition) is 4. The zero-order valence-corrected chi connectivity index (χ0v) is 13.6. The zero-order valence-electron chi connectivity index (χ0n) is 12.9. The van der Waals surface area contributed by atoms with E-state index in [1.54, 1.807) is 0 Å². The Kier molecular flexibility index (Phi) is 4.76. The van der Waals surface area contributed by atoms with Gasteiger partial charge in [0.2, 0.25) is 0 Å². The number of aliphatic hydroxyl groups excluding tert-OH is 1. The number of nitrogens with zero attached hydrogens (tertiary/aromatic N) is 2. The lowest BCUT2D eigenvalue weighted by Gasteiger charge is -2.35. The van der Waals surface area contributed by atoms with E-state index in [0.29, 0.717) is 10.5 Å². The molecule has 1 amide bonds. The number of carbonyl (C=O) groups excluding carboxylic acids is 1. The van der Waals surface area contributed by atoms with Crippen LogP contribution in [0.4, 0.5) is 23.2 Å². The molecule has 0 aliphatic carbocycles. The fraction of sp³-hybridized carbons (Fsp3) is 0.250. The SMILES string of the molecule is O=C1N(Cc2cncc(Cl)c2)c2cccc(C(O)C(F)F)c2OC1(F)F. The Morgan fingerprint density at radius 3 is 2.69 bits per heavy atom. The van der Waals surface area contributed by atoms with Gasteiger partial charge in [-0.1, -0.05) is 23.7 Å². The molecule has 1 unspecified atom stereocenters. The maximum atomic E-state index is 14.0. The normalized spacial score (nSPS) is 17.0. The Bertz CT molecular complexity index is 850. The van der Waals surface area contributed by atoms with Crippen molar-refractivity contribution in [1.82, 2.24) is 4.98 Å². The monoisotopic (exact) mass is 390 g/mol. The van der Waals surface area contributed by atoms with E-state index in [4.69, 9.17) is 11.6 Å². The van der Waals surface area contributed by atoms with E-state index in [9.17, 15) is 27.5 Å². The van der Waals surface area contributed by atoms with Gasteiger partial charge in [0, 0.05) is 18.0 Å². The molecule has 1 aromatic heterocycles. The average Bonchev–Trinajstić information content (AvgIpc) is 2.57. The van der Waals surface area contributed by atoms with Crippen LogP contribution >= 0.6 is 11.6 Å². The van der Waals surface area contributed by atoms with Crippen molar-refractivity contribution in [1.29, 1.82) is 0 Å². The number of aliphatic hydroxyl groups is 1. The number of para-hydroxylation sites is 1. The van der Waals surface area contributed by atoms with Crippen molar-refractivity contribution in [3.63, 3.8) is 0 Å². The van der Waals surface area contributed by atoms with Crippen LogP contribution in [0.15, 0.2) is 36.7 Å². The summed E-state index contributed by atoms with van der Waals surface area (Å²) < 4.78 is 58.1. The number of fused-ring (bicyclic) bond motifs is 1. The Morgan fingerprint density at radius 1 is 1.31 bits per heavy atom. The lowest BCUT2D eigenvalue weighted by atomic mass is 10.0. The molecule has 0 saturated carbocycles. The third-order valence-corrected chi connectivity index (χ3v) is 3.91. The maximum Gasteiger partial charge on any atom is 0.483 e. The van der Waals surface area contributed by atoms with Gasteiger partial charge >= 0.3 is 12.0 Å². The van der Waals surface area contributed by atoms with E-state index in [1.165, 1.54) is 30.6 Å². The average molecular weight is 391 g/mol. The second-order valence-corrected chi connectivity index (χ2v) is 5.93. The van der Waals surface area contributed by atoms with Crippen LogP contribution in [0.25, 0.3) is 0 Å². The number of rotatable bonds is 4. The van der Waals surface area contributed by atoms with Crippen molar-refractivity contribution in [2.75, 3.05) is 4.90 Å². The van der Waals surface area contributed by atoms with Crippen molar-refractivity contribution >= 4 is 23.2 Å². The molecule has 0 fully saturated rings. The topological polar surface area (TPSA) is 62.7 Å². The predicted molar refractivity (Wildman–Crippen MR) is 83.4 cm³/mol. The standard InChI is InChI=1S/C16H11ClF4N2O3/c17-9-4-8(5-22-6-9)7-23-11-3-1-2-10(12(24)14(18)19)13(11)26-16(20,21)15(23)25/h1-6,12,14,24H,7H2. The van der Waals surface area contributed by atoms with Gasteiger partial charge in [-0.25, -0.2) is 8.78 Å². The van der Waals surface area contributed by atoms with E-state index >= 15 is 0 Å². The molecular formula is C16H11ClF4N2O3. The quantitative estimate of drug-likeness (QED) is 0.811. The lowest BCUT2D eigenvalue weighted by molar-refractivity contribution is -0.193. The highest BCUT2D eigenvalue weighted by Gasteiger charge is 2.51. The lowest BCUT2D eigenvalue weighted by Crippen LogP contribution is -2.50. The van der Waals surface area contributed by atoms with Gasteiger partial charge in [-0.3, -0.25) is 14.7 Å². The van der Waals surface area contributed by atoms with Crippen LogP contribution in [0.5, 0.6) is 5.75 Å². The van der Waals surface area contributed by atoms with Gasteiger partial charge in [0.1, 0.15) is 6.10 Å². The van der Waals surface area contributed by atoms with Gasteiger partial charge in [-0.05, 0) is 17.7 Å². The number of aromatic nitrogens is 1. The minimum absolute atomic E-state index is 0.168. The summed E-state index contributed by atoms with van der Waals surface area (Å²) in [5.41, 5.74) is -0.369. The largest absolute Gasteiger partial charge is 0.483 e. The number of hydrogen-bond donors (Lipinski definition) is 1. The molecule has 0 spiro atoms. The van der Waals surface area contributed by atoms with Gasteiger partial charge in [0.05, 0.1) is 17.3 Å². The summed E-state index contributed by atoms with van der Waals surface area (Å²) in [4.78, 5) is 16.6. The molecule has 1 N–H and O–H groups in total. The molecule has 3 rings (SSSR count). The van der Waals surface area contributed by atoms with Crippen molar-refractivity contribution in [3.8, 4) is 5.75 Å². The minimum atomic E-state index is -4.28. The number of benzene rings is 1. The molecular weight excluding hydrogens is 380 g/mol. The fourth-order valence-corrected chi connectivity index (χ4v) is 2.75. The number of amides is 1. The van der Waals surface area contributed by atoms with Crippen LogP contribution in [-0.2, 0) is 11.3 Å². The van der Waals surface area contributed by atoms with E-state index in [-0.39, 0.29) is 17.3 Å². The van der Waals surface area contributed by atoms with Crippen LogP contribution in [0.3, 0.4) is 0 Å². The number of carbonyl (C=O) groups is 1. The third-order valence-electron chi connectivity index (χ3n) is 3.70. The summed E-state index contributed by atoms with van der Waals surface area (Å²) in [5.74, 6) is -2.35. The fourth-order valence-electron chi connectivity index (χ4n) is 2.55. The molecule has 2 aromatic rings. The van der Waals surface area contributed by atoms with Crippen molar-refractivity contribution in [3.05, 3.63) is 52.8 Å². The predicted octanol–water partition coefficient (Wildman–Crippen LogP) is 3.55. The first kappa shape index (κ1) is 18.4. The van der Waals surface area contributed by atoms with Crippen molar-refractivity contribution in [2.24, 2.45) is 0 Å². The molecule has 1 aliphatic rings. The van der Waals surface area contributed by atoms with Gasteiger partial charge in [-0.15, -0.1) is 0 Å². The van der Waals surface area contributed by atoms with Crippen LogP contribution < -0.4 is 9.64 Å². The maximum absolute atomic E-state index is 14.0. The first-order valence-corrected chi connectivity index (χ1v) is 7.66. The molecule has 138 valence electrons. The number of anilines is 1. The molecule has 5 nitrogen and oxygen atoms in total. The second kappa shape index (κ2) is 6.73. The number of alkyl halides is 4. The Morgan fingerprint density at radius 2 is 2.04 bits per heavy atom. The smallest absolute Gasteiger partial charge is 0.423 e. The summed E-state index contributed by atoms with van der Waals surface area (Å²) >= 11 is 5.80. The summed E-state index contributed by atoms with van der Waals surface area (Å²) in [6.07, 6.45) is -7.20. The molecule has 10 heteroatoms. The van der Waals surface area contributed by atoms with E-state index < -0.39 is 35.9 Å². The Labute approximate surface area is 149 Å². The van der Waals surface area contributed by atoms with Gasteiger partial charge in [0.25, 0.3) is 6.43 Å². The number of pyridine rings is 1. The molecule has 0 bridgehead atoms. The van der Waals surface area contributed by atoms with Gasteiger partial charge in [-0.2, -0.15) is 8.78 Å². The third kappa shape index (κ3) is 3.32. The molecule has 0 saturated heterocycles. The molecule has 2 heterocycles. The van der Waals surface area contributed by atoms with E-state index in [2.05, 4.69) is 9.72 Å². The van der Waals surface area contributed by atoms with Crippen molar-refractivity contribution in [2.45, 2.75) is 25.2 Å². The first-order chi connectivity index (χ1) is 12.2.